The van der Waals surface area contributed by atoms with Gasteiger partial charge in [0.25, 0.3) is 0 Å². The van der Waals surface area contributed by atoms with E-state index in [9.17, 15) is 0 Å². The van der Waals surface area contributed by atoms with Crippen molar-refractivity contribution in [1.29, 1.82) is 0 Å². The summed E-state index contributed by atoms with van der Waals surface area (Å²) in [5, 5.41) is 13.7. The van der Waals surface area contributed by atoms with Crippen LogP contribution in [0.4, 0.5) is 0 Å². The molecule has 8 aromatic carbocycles. The Morgan fingerprint density at radius 1 is 0.291 bits per heavy atom. The van der Waals surface area contributed by atoms with Crippen molar-refractivity contribution in [3.05, 3.63) is 194 Å². The van der Waals surface area contributed by atoms with Gasteiger partial charge in [-0.25, -0.2) is 0 Å². The van der Waals surface area contributed by atoms with E-state index in [1.807, 2.05) is 30.3 Å². The summed E-state index contributed by atoms with van der Waals surface area (Å²) in [6, 6.07) is 68.6. The lowest BCUT2D eigenvalue weighted by molar-refractivity contribution is 0.584. The van der Waals surface area contributed by atoms with Gasteiger partial charge in [0.2, 0.25) is 11.8 Å². The minimum absolute atomic E-state index is 0.490. The van der Waals surface area contributed by atoms with Crippen LogP contribution in [0.2, 0.25) is 0 Å². The molecule has 0 unspecified atom stereocenters. The van der Waals surface area contributed by atoms with Crippen molar-refractivity contribution in [3.8, 4) is 56.5 Å². The third-order valence-electron chi connectivity index (χ3n) is 10.7. The molecule has 258 valence electrons. The quantitative estimate of drug-likeness (QED) is 0.173. The first-order chi connectivity index (χ1) is 27.3. The summed E-state index contributed by atoms with van der Waals surface area (Å²) in [7, 11) is 0. The van der Waals surface area contributed by atoms with Gasteiger partial charge in [-0.05, 0) is 107 Å². The number of hydrogen-bond donors (Lipinski definition) is 0. The molecule has 0 radical (unpaired) electrons. The van der Waals surface area contributed by atoms with Gasteiger partial charge in [0.05, 0.1) is 22.1 Å². The largest absolute Gasteiger partial charge is 0.416 e. The fraction of sp³-hybridized carbons (Fsp3) is 0. The predicted molar refractivity (Wildman–Crippen MR) is 225 cm³/mol. The molecule has 5 nitrogen and oxygen atoms in total. The van der Waals surface area contributed by atoms with E-state index in [2.05, 4.69) is 183 Å². The maximum absolute atomic E-state index is 6.17. The summed E-state index contributed by atoms with van der Waals surface area (Å²) < 4.78 is 10.9. The smallest absolute Gasteiger partial charge is 0.248 e. The van der Waals surface area contributed by atoms with Gasteiger partial charge in [0, 0.05) is 44.0 Å². The van der Waals surface area contributed by atoms with Crippen molar-refractivity contribution in [1.82, 2.24) is 19.3 Å². The Labute approximate surface area is 317 Å². The maximum Gasteiger partial charge on any atom is 0.248 e. The highest BCUT2D eigenvalue weighted by Crippen LogP contribution is 2.38. The van der Waals surface area contributed by atoms with Gasteiger partial charge >= 0.3 is 0 Å². The molecule has 11 rings (SSSR count). The number of nitrogens with zero attached hydrogens (tertiary/aromatic N) is 4. The molecule has 0 aliphatic rings. The molecule has 11 aromatic rings. The lowest BCUT2D eigenvalue weighted by Crippen LogP contribution is -1.94. The number of hydrogen-bond acceptors (Lipinski definition) is 3. The first-order valence-electron chi connectivity index (χ1n) is 18.5. The van der Waals surface area contributed by atoms with Crippen molar-refractivity contribution in [2.45, 2.75) is 0 Å². The molecule has 3 heterocycles. The van der Waals surface area contributed by atoms with E-state index < -0.39 is 0 Å². The van der Waals surface area contributed by atoms with E-state index in [1.165, 1.54) is 49.3 Å². The first-order valence-corrected chi connectivity index (χ1v) is 18.5. The topological polar surface area (TPSA) is 48.8 Å². The maximum atomic E-state index is 6.17. The molecule has 0 aliphatic carbocycles. The van der Waals surface area contributed by atoms with Crippen LogP contribution in [0, 0.1) is 0 Å². The second kappa shape index (κ2) is 12.6. The molecule has 55 heavy (non-hydrogen) atoms. The minimum atomic E-state index is 0.490. The standard InChI is InChI=1S/C50H32N4O/c1-3-11-33(12-4-1)34-19-21-35(22-20-34)49-51-52-50(55-49)36-23-27-40(28-24-36)54-46-18-10-8-16-42(46)44-32-38(26-30-48(44)54)37-25-29-47-43(31-37)41-15-7-9-17-45(41)53(47)39-13-5-2-6-14-39/h1-32H. The van der Waals surface area contributed by atoms with E-state index in [1.54, 1.807) is 0 Å². The van der Waals surface area contributed by atoms with Gasteiger partial charge in [0.1, 0.15) is 0 Å². The van der Waals surface area contributed by atoms with Crippen molar-refractivity contribution in [2.24, 2.45) is 0 Å². The molecule has 0 aliphatic heterocycles. The summed E-state index contributed by atoms with van der Waals surface area (Å²) >= 11 is 0. The van der Waals surface area contributed by atoms with Crippen molar-refractivity contribution >= 4 is 43.6 Å². The zero-order chi connectivity index (χ0) is 36.3. The van der Waals surface area contributed by atoms with Crippen LogP contribution >= 0.6 is 0 Å². The lowest BCUT2D eigenvalue weighted by atomic mass is 10.0. The fourth-order valence-corrected chi connectivity index (χ4v) is 8.08. The van der Waals surface area contributed by atoms with Gasteiger partial charge < -0.3 is 13.6 Å². The molecule has 0 spiro atoms. The van der Waals surface area contributed by atoms with Crippen LogP contribution in [-0.4, -0.2) is 19.3 Å². The second-order valence-corrected chi connectivity index (χ2v) is 13.9. The Bertz CT molecular complexity index is 3170. The molecule has 5 heteroatoms. The van der Waals surface area contributed by atoms with Crippen LogP contribution in [0.1, 0.15) is 0 Å². The molecule has 0 bridgehead atoms. The van der Waals surface area contributed by atoms with Crippen molar-refractivity contribution in [3.63, 3.8) is 0 Å². The van der Waals surface area contributed by atoms with Crippen LogP contribution in [0.15, 0.2) is 199 Å². The third kappa shape index (κ3) is 5.17. The van der Waals surface area contributed by atoms with Gasteiger partial charge in [-0.15, -0.1) is 10.2 Å². The summed E-state index contributed by atoms with van der Waals surface area (Å²) in [5.41, 5.74) is 13.4. The molecule has 0 atom stereocenters. The molecule has 0 N–H and O–H groups in total. The summed E-state index contributed by atoms with van der Waals surface area (Å²) in [5.74, 6) is 0.988. The van der Waals surface area contributed by atoms with E-state index >= 15 is 0 Å². The van der Waals surface area contributed by atoms with Crippen LogP contribution < -0.4 is 0 Å². The monoisotopic (exact) mass is 704 g/mol. The highest BCUT2D eigenvalue weighted by molar-refractivity contribution is 6.12. The van der Waals surface area contributed by atoms with Gasteiger partial charge in [-0.1, -0.05) is 109 Å². The number of fused-ring (bicyclic) bond motifs is 6. The van der Waals surface area contributed by atoms with Crippen LogP contribution in [0.5, 0.6) is 0 Å². The first kappa shape index (κ1) is 31.1. The van der Waals surface area contributed by atoms with Gasteiger partial charge in [-0.3, -0.25) is 0 Å². The fourth-order valence-electron chi connectivity index (χ4n) is 8.08. The average Bonchev–Trinajstić information content (AvgIpc) is 3.97. The average molecular weight is 705 g/mol. The Hall–Kier alpha value is -7.50. The minimum Gasteiger partial charge on any atom is -0.416 e. The number of benzene rings is 8. The van der Waals surface area contributed by atoms with E-state index in [0.717, 1.165) is 39.1 Å². The van der Waals surface area contributed by atoms with Crippen LogP contribution in [0.3, 0.4) is 0 Å². The Morgan fingerprint density at radius 2 is 0.673 bits per heavy atom. The Kier molecular flexibility index (Phi) is 7.10. The molecule has 0 amide bonds. The van der Waals surface area contributed by atoms with Gasteiger partial charge in [0.15, 0.2) is 0 Å². The molecular weight excluding hydrogens is 673 g/mol. The summed E-state index contributed by atoms with van der Waals surface area (Å²) in [4.78, 5) is 0. The molecule has 0 saturated carbocycles. The third-order valence-corrected chi connectivity index (χ3v) is 10.7. The van der Waals surface area contributed by atoms with Crippen LogP contribution in [0.25, 0.3) is 100 Å². The number of aromatic nitrogens is 4. The van der Waals surface area contributed by atoms with Crippen molar-refractivity contribution < 1.29 is 4.42 Å². The van der Waals surface area contributed by atoms with E-state index in [-0.39, 0.29) is 0 Å². The number of para-hydroxylation sites is 3. The SMILES string of the molecule is c1ccc(-c2ccc(-c3nnc(-c4ccc(-n5c6ccccc6c6cc(-c7ccc8c(c7)c7ccccc7n8-c7ccccc7)ccc65)cc4)o3)cc2)cc1. The summed E-state index contributed by atoms with van der Waals surface area (Å²) in [6.07, 6.45) is 0. The van der Waals surface area contributed by atoms with E-state index in [4.69, 9.17) is 4.42 Å². The van der Waals surface area contributed by atoms with Crippen molar-refractivity contribution in [2.75, 3.05) is 0 Å². The lowest BCUT2D eigenvalue weighted by Gasteiger charge is -2.09. The van der Waals surface area contributed by atoms with Gasteiger partial charge in [-0.2, -0.15) is 0 Å². The second-order valence-electron chi connectivity index (χ2n) is 13.9. The highest BCUT2D eigenvalue weighted by atomic mass is 16.4. The zero-order valence-electron chi connectivity index (χ0n) is 29.7. The Morgan fingerprint density at radius 3 is 1.22 bits per heavy atom. The Balaban J connectivity index is 0.942. The molecular formula is C50H32N4O. The molecule has 3 aromatic heterocycles. The zero-order valence-corrected chi connectivity index (χ0v) is 29.7. The molecule has 0 fully saturated rings. The predicted octanol–water partition coefficient (Wildman–Crippen LogP) is 12.9. The van der Waals surface area contributed by atoms with E-state index in [0.29, 0.717) is 11.8 Å². The number of rotatable bonds is 6. The normalized spacial score (nSPS) is 11.6. The highest BCUT2D eigenvalue weighted by Gasteiger charge is 2.17. The summed E-state index contributed by atoms with van der Waals surface area (Å²) in [6.45, 7) is 0. The van der Waals surface area contributed by atoms with Crippen LogP contribution in [-0.2, 0) is 0 Å². The molecule has 0 saturated heterocycles.